The van der Waals surface area contributed by atoms with E-state index in [9.17, 15) is 9.90 Å². The number of hydrogen-bond acceptors (Lipinski definition) is 4. The van der Waals surface area contributed by atoms with Crippen molar-refractivity contribution in [3.8, 4) is 0 Å². The molecule has 0 unspecified atom stereocenters. The number of aliphatic hydroxyl groups is 1. The Hall–Kier alpha value is -0.870. The molecule has 12 heavy (non-hydrogen) atoms. The van der Waals surface area contributed by atoms with Gasteiger partial charge in [-0.05, 0) is 0 Å². The van der Waals surface area contributed by atoms with Gasteiger partial charge in [-0.2, -0.15) is 0 Å². The second kappa shape index (κ2) is 2.57. The Balaban J connectivity index is 2.08. The van der Waals surface area contributed by atoms with Crippen LogP contribution in [0, 0.1) is 0 Å². The minimum Gasteiger partial charge on any atom is -0.457 e. The molecule has 66 valence electrons. The van der Waals surface area contributed by atoms with Crippen LogP contribution < -0.4 is 0 Å². The zero-order valence-electron chi connectivity index (χ0n) is 6.64. The van der Waals surface area contributed by atoms with Crippen LogP contribution in [0.5, 0.6) is 0 Å². The lowest BCUT2D eigenvalue weighted by molar-refractivity contribution is -0.151. The molecule has 1 saturated heterocycles. The summed E-state index contributed by atoms with van der Waals surface area (Å²) in [6, 6.07) is 0. The van der Waals surface area contributed by atoms with Gasteiger partial charge in [0.25, 0.3) is 0 Å². The largest absolute Gasteiger partial charge is 0.457 e. The number of carbonyl (C=O) groups excluding carboxylic acids is 1. The number of hydrogen-bond donors (Lipinski definition) is 1. The molecular weight excluding hydrogens is 160 g/mol. The first-order chi connectivity index (χ1) is 5.68. The maximum Gasteiger partial charge on any atom is 0.303 e. The molecule has 1 N–H and O–H groups in total. The van der Waals surface area contributed by atoms with Crippen molar-refractivity contribution in [3.05, 3.63) is 12.2 Å². The van der Waals surface area contributed by atoms with Gasteiger partial charge < -0.3 is 14.6 Å². The smallest absolute Gasteiger partial charge is 0.303 e. The summed E-state index contributed by atoms with van der Waals surface area (Å²) in [6.45, 7) is 1.32. The van der Waals surface area contributed by atoms with Crippen LogP contribution >= 0.6 is 0 Å². The van der Waals surface area contributed by atoms with Crippen molar-refractivity contribution in [3.63, 3.8) is 0 Å². The minimum atomic E-state index is -0.705. The molecule has 0 aromatic rings. The molecule has 0 spiro atoms. The number of esters is 1. The van der Waals surface area contributed by atoms with Gasteiger partial charge in [0.1, 0.15) is 18.3 Å². The van der Waals surface area contributed by atoms with E-state index in [4.69, 9.17) is 9.47 Å². The molecule has 4 nitrogen and oxygen atoms in total. The fourth-order valence-electron chi connectivity index (χ4n) is 1.58. The maximum absolute atomic E-state index is 10.6. The fraction of sp³-hybridized carbons (Fsp3) is 0.625. The second-order valence-corrected chi connectivity index (χ2v) is 3.01. The average Bonchev–Trinajstić information content (AvgIpc) is 2.53. The standard InChI is InChI=1S/C8H10O4/c1-4(9)11-8-6-3-2-5(12-6)7(8)10/h2-3,5-8,10H,1H3/t5-,6+,7+,8-/m0/s1. The summed E-state index contributed by atoms with van der Waals surface area (Å²) < 4.78 is 10.2. The zero-order valence-corrected chi connectivity index (χ0v) is 6.64. The van der Waals surface area contributed by atoms with Crippen molar-refractivity contribution in [1.82, 2.24) is 0 Å². The van der Waals surface area contributed by atoms with Gasteiger partial charge in [-0.15, -0.1) is 0 Å². The molecule has 0 aliphatic carbocycles. The van der Waals surface area contributed by atoms with Gasteiger partial charge in [-0.3, -0.25) is 4.79 Å². The van der Waals surface area contributed by atoms with E-state index in [1.165, 1.54) is 6.92 Å². The molecule has 0 amide bonds. The zero-order chi connectivity index (χ0) is 8.72. The summed E-state index contributed by atoms with van der Waals surface area (Å²) in [7, 11) is 0. The van der Waals surface area contributed by atoms with Crippen LogP contribution in [0.25, 0.3) is 0 Å². The maximum atomic E-state index is 10.6. The molecular formula is C8H10O4. The van der Waals surface area contributed by atoms with Gasteiger partial charge in [0, 0.05) is 6.92 Å². The highest BCUT2D eigenvalue weighted by molar-refractivity contribution is 5.66. The predicted octanol–water partition coefficient (Wildman–Crippen LogP) is -0.384. The van der Waals surface area contributed by atoms with Gasteiger partial charge >= 0.3 is 5.97 Å². The number of aliphatic hydroxyl groups excluding tert-OH is 1. The molecule has 0 aromatic carbocycles. The highest BCUT2D eigenvalue weighted by Crippen LogP contribution is 2.31. The Morgan fingerprint density at radius 3 is 2.67 bits per heavy atom. The lowest BCUT2D eigenvalue weighted by atomic mass is 10.0. The van der Waals surface area contributed by atoms with Gasteiger partial charge in [0.15, 0.2) is 6.10 Å². The molecule has 0 radical (unpaired) electrons. The van der Waals surface area contributed by atoms with Crippen molar-refractivity contribution in [2.24, 2.45) is 0 Å². The Morgan fingerprint density at radius 2 is 2.17 bits per heavy atom. The number of carbonyl (C=O) groups is 1. The van der Waals surface area contributed by atoms with E-state index in [0.29, 0.717) is 0 Å². The molecule has 1 fully saturated rings. The molecule has 2 aliphatic rings. The van der Waals surface area contributed by atoms with Crippen LogP contribution in [-0.4, -0.2) is 35.5 Å². The van der Waals surface area contributed by atoms with E-state index < -0.39 is 12.2 Å². The van der Waals surface area contributed by atoms with Gasteiger partial charge in [0.2, 0.25) is 0 Å². The normalized spacial score (nSPS) is 43.5. The Kier molecular flexibility index (Phi) is 1.66. The number of rotatable bonds is 1. The Labute approximate surface area is 69.8 Å². The molecule has 0 saturated carbocycles. The Bertz CT molecular complexity index is 235. The van der Waals surface area contributed by atoms with Crippen LogP contribution in [0.3, 0.4) is 0 Å². The third kappa shape index (κ3) is 1.04. The van der Waals surface area contributed by atoms with E-state index >= 15 is 0 Å². The third-order valence-electron chi connectivity index (χ3n) is 2.10. The summed E-state index contributed by atoms with van der Waals surface area (Å²) in [5.74, 6) is -0.386. The van der Waals surface area contributed by atoms with Crippen molar-refractivity contribution >= 4 is 5.97 Å². The quantitative estimate of drug-likeness (QED) is 0.430. The van der Waals surface area contributed by atoms with Crippen LogP contribution in [-0.2, 0) is 14.3 Å². The molecule has 2 rings (SSSR count). The molecule has 2 aliphatic heterocycles. The molecule has 4 heteroatoms. The number of fused-ring (bicyclic) bond motifs is 2. The highest BCUT2D eigenvalue weighted by atomic mass is 16.6. The van der Waals surface area contributed by atoms with Gasteiger partial charge in [0.05, 0.1) is 0 Å². The van der Waals surface area contributed by atoms with Crippen LogP contribution in [0.15, 0.2) is 12.2 Å². The summed E-state index contributed by atoms with van der Waals surface area (Å²) >= 11 is 0. The first kappa shape index (κ1) is 7.76. The van der Waals surface area contributed by atoms with Gasteiger partial charge in [-0.25, -0.2) is 0 Å². The SMILES string of the molecule is CC(=O)O[C@@H]1[C@H](O)[C@@H]2C=C[C@H]1O2. The third-order valence-corrected chi connectivity index (χ3v) is 2.10. The van der Waals surface area contributed by atoms with Crippen LogP contribution in [0.4, 0.5) is 0 Å². The fourth-order valence-corrected chi connectivity index (χ4v) is 1.58. The number of ether oxygens (including phenoxy) is 2. The summed E-state index contributed by atoms with van der Waals surface area (Å²) in [5.41, 5.74) is 0. The summed E-state index contributed by atoms with van der Waals surface area (Å²) in [5, 5.41) is 9.47. The van der Waals surface area contributed by atoms with Crippen molar-refractivity contribution in [1.29, 1.82) is 0 Å². The first-order valence-corrected chi connectivity index (χ1v) is 3.87. The van der Waals surface area contributed by atoms with E-state index in [2.05, 4.69) is 0 Å². The summed E-state index contributed by atoms with van der Waals surface area (Å²) in [4.78, 5) is 10.6. The lowest BCUT2D eigenvalue weighted by Crippen LogP contribution is -2.37. The van der Waals surface area contributed by atoms with E-state index in [1.54, 1.807) is 6.08 Å². The second-order valence-electron chi connectivity index (χ2n) is 3.01. The Morgan fingerprint density at radius 1 is 1.50 bits per heavy atom. The van der Waals surface area contributed by atoms with Crippen molar-refractivity contribution in [2.75, 3.05) is 0 Å². The van der Waals surface area contributed by atoms with Crippen molar-refractivity contribution in [2.45, 2.75) is 31.3 Å². The topological polar surface area (TPSA) is 55.8 Å². The molecule has 2 heterocycles. The molecule has 2 bridgehead atoms. The van der Waals surface area contributed by atoms with Gasteiger partial charge in [-0.1, -0.05) is 12.2 Å². The van der Waals surface area contributed by atoms with Crippen LogP contribution in [0.2, 0.25) is 0 Å². The minimum absolute atomic E-state index is 0.256. The predicted molar refractivity (Wildman–Crippen MR) is 39.4 cm³/mol. The van der Waals surface area contributed by atoms with E-state index in [1.807, 2.05) is 6.08 Å². The summed E-state index contributed by atoms with van der Waals surface area (Å²) in [6.07, 6.45) is 1.83. The van der Waals surface area contributed by atoms with Crippen molar-refractivity contribution < 1.29 is 19.4 Å². The van der Waals surface area contributed by atoms with E-state index in [-0.39, 0.29) is 18.2 Å². The monoisotopic (exact) mass is 170 g/mol. The molecule has 4 atom stereocenters. The molecule has 0 aromatic heterocycles. The average molecular weight is 170 g/mol. The highest BCUT2D eigenvalue weighted by Gasteiger charge is 2.47. The van der Waals surface area contributed by atoms with Crippen LogP contribution in [0.1, 0.15) is 6.92 Å². The lowest BCUT2D eigenvalue weighted by Gasteiger charge is -2.19. The first-order valence-electron chi connectivity index (χ1n) is 3.87. The van der Waals surface area contributed by atoms with E-state index in [0.717, 1.165) is 0 Å².